The predicted octanol–water partition coefficient (Wildman–Crippen LogP) is 4.15. The van der Waals surface area contributed by atoms with E-state index in [4.69, 9.17) is 0 Å². The Morgan fingerprint density at radius 3 is 2.32 bits per heavy atom. The van der Waals surface area contributed by atoms with Crippen LogP contribution in [0.1, 0.15) is 12.0 Å². The van der Waals surface area contributed by atoms with Crippen LogP contribution in [0.2, 0.25) is 0 Å². The first-order valence-corrected chi connectivity index (χ1v) is 6.71. The Morgan fingerprint density at radius 2 is 1.64 bits per heavy atom. The Bertz CT molecular complexity index is 627. The van der Waals surface area contributed by atoms with Gasteiger partial charge in [0.05, 0.1) is 5.56 Å². The second-order valence-corrected chi connectivity index (χ2v) is 4.67. The molecule has 2 rings (SSSR count). The van der Waals surface area contributed by atoms with E-state index in [1.165, 1.54) is 12.1 Å². The van der Waals surface area contributed by atoms with Gasteiger partial charge in [0.15, 0.2) is 0 Å². The third kappa shape index (κ3) is 4.80. The highest BCUT2D eigenvalue weighted by Crippen LogP contribution is 2.30. The van der Waals surface area contributed by atoms with Crippen molar-refractivity contribution in [1.29, 1.82) is 0 Å². The van der Waals surface area contributed by atoms with Crippen molar-refractivity contribution in [3.05, 3.63) is 60.2 Å². The third-order valence-electron chi connectivity index (χ3n) is 2.93. The fraction of sp³-hybridized carbons (Fsp3) is 0.188. The summed E-state index contributed by atoms with van der Waals surface area (Å²) < 4.78 is 37.7. The highest BCUT2D eigenvalue weighted by Gasteiger charge is 2.30. The van der Waals surface area contributed by atoms with Crippen LogP contribution in [0.25, 0.3) is 0 Å². The number of nitrogens with one attached hydrogen (secondary N) is 2. The lowest BCUT2D eigenvalue weighted by atomic mass is 10.2. The second-order valence-electron chi connectivity index (χ2n) is 4.67. The van der Waals surface area contributed by atoms with Crippen LogP contribution in [-0.2, 0) is 11.0 Å². The van der Waals surface area contributed by atoms with Gasteiger partial charge in [0.25, 0.3) is 0 Å². The Morgan fingerprint density at radius 1 is 0.955 bits per heavy atom. The van der Waals surface area contributed by atoms with E-state index in [-0.39, 0.29) is 18.0 Å². The van der Waals surface area contributed by atoms with E-state index in [2.05, 4.69) is 10.6 Å². The molecular formula is C16H15F3N2O. The fourth-order valence-electron chi connectivity index (χ4n) is 1.87. The molecule has 22 heavy (non-hydrogen) atoms. The van der Waals surface area contributed by atoms with E-state index in [0.29, 0.717) is 6.54 Å². The predicted molar refractivity (Wildman–Crippen MR) is 79.6 cm³/mol. The molecule has 116 valence electrons. The van der Waals surface area contributed by atoms with Crippen LogP contribution in [0.5, 0.6) is 0 Å². The van der Waals surface area contributed by atoms with Crippen LogP contribution in [0, 0.1) is 0 Å². The van der Waals surface area contributed by atoms with Gasteiger partial charge in [0.2, 0.25) is 5.91 Å². The minimum absolute atomic E-state index is 0.138. The summed E-state index contributed by atoms with van der Waals surface area (Å²) in [5.74, 6) is -0.345. The molecule has 0 aliphatic carbocycles. The van der Waals surface area contributed by atoms with E-state index in [9.17, 15) is 18.0 Å². The number of carbonyl (C=O) groups excluding carboxylic acids is 1. The van der Waals surface area contributed by atoms with Gasteiger partial charge in [0.1, 0.15) is 0 Å². The van der Waals surface area contributed by atoms with Crippen LogP contribution in [0.4, 0.5) is 24.5 Å². The summed E-state index contributed by atoms with van der Waals surface area (Å²) in [5, 5.41) is 5.52. The van der Waals surface area contributed by atoms with Crippen molar-refractivity contribution in [2.24, 2.45) is 0 Å². The molecule has 0 saturated heterocycles. The molecule has 0 fully saturated rings. The Kier molecular flexibility index (Phi) is 5.04. The number of alkyl halides is 3. The van der Waals surface area contributed by atoms with Crippen LogP contribution < -0.4 is 10.6 Å². The lowest BCUT2D eigenvalue weighted by Crippen LogP contribution is -2.16. The van der Waals surface area contributed by atoms with E-state index < -0.39 is 11.7 Å². The van der Waals surface area contributed by atoms with E-state index >= 15 is 0 Å². The van der Waals surface area contributed by atoms with Gasteiger partial charge in [-0.2, -0.15) is 13.2 Å². The molecular weight excluding hydrogens is 293 g/mol. The molecule has 0 aliphatic heterocycles. The van der Waals surface area contributed by atoms with Crippen LogP contribution in [0.15, 0.2) is 54.6 Å². The zero-order valence-corrected chi connectivity index (χ0v) is 11.7. The molecule has 3 nitrogen and oxygen atoms in total. The largest absolute Gasteiger partial charge is 0.416 e. The summed E-state index contributed by atoms with van der Waals surface area (Å²) in [6.45, 7) is 0.398. The fourth-order valence-corrected chi connectivity index (χ4v) is 1.87. The Labute approximate surface area is 126 Å². The van der Waals surface area contributed by atoms with Crippen molar-refractivity contribution in [1.82, 2.24) is 0 Å². The Hall–Kier alpha value is -2.50. The van der Waals surface area contributed by atoms with Gasteiger partial charge in [-0.15, -0.1) is 0 Å². The van der Waals surface area contributed by atoms with Crippen molar-refractivity contribution in [3.8, 4) is 0 Å². The molecule has 0 aliphatic rings. The van der Waals surface area contributed by atoms with Crippen LogP contribution >= 0.6 is 0 Å². The van der Waals surface area contributed by atoms with Gasteiger partial charge < -0.3 is 10.6 Å². The molecule has 0 aromatic heterocycles. The van der Waals surface area contributed by atoms with E-state index in [1.54, 1.807) is 0 Å². The molecule has 0 unspecified atom stereocenters. The smallest absolute Gasteiger partial charge is 0.385 e. The Balaban J connectivity index is 1.84. The van der Waals surface area contributed by atoms with Gasteiger partial charge in [-0.05, 0) is 30.3 Å². The monoisotopic (exact) mass is 308 g/mol. The van der Waals surface area contributed by atoms with Gasteiger partial charge >= 0.3 is 6.18 Å². The topological polar surface area (TPSA) is 41.1 Å². The summed E-state index contributed by atoms with van der Waals surface area (Å²) in [6.07, 6.45) is -4.26. The lowest BCUT2D eigenvalue weighted by Gasteiger charge is -2.10. The minimum Gasteiger partial charge on any atom is -0.385 e. The first-order valence-electron chi connectivity index (χ1n) is 6.71. The maximum atomic E-state index is 12.6. The van der Waals surface area contributed by atoms with Crippen molar-refractivity contribution in [2.45, 2.75) is 12.6 Å². The van der Waals surface area contributed by atoms with Gasteiger partial charge in [-0.25, -0.2) is 0 Å². The van der Waals surface area contributed by atoms with Gasteiger partial charge in [-0.1, -0.05) is 24.3 Å². The number of hydrogen-bond donors (Lipinski definition) is 2. The van der Waals surface area contributed by atoms with Crippen molar-refractivity contribution in [2.75, 3.05) is 17.2 Å². The zero-order valence-electron chi connectivity index (χ0n) is 11.7. The highest BCUT2D eigenvalue weighted by atomic mass is 19.4. The normalized spacial score (nSPS) is 11.0. The molecule has 2 N–H and O–H groups in total. The summed E-state index contributed by atoms with van der Waals surface area (Å²) in [5.41, 5.74) is 0.238. The number of carbonyl (C=O) groups is 1. The SMILES string of the molecule is O=C(CCNc1ccccc1)Nc1cccc(C(F)(F)F)c1. The maximum Gasteiger partial charge on any atom is 0.416 e. The number of anilines is 2. The quantitative estimate of drug-likeness (QED) is 0.871. The number of hydrogen-bond acceptors (Lipinski definition) is 2. The second kappa shape index (κ2) is 6.98. The molecule has 0 bridgehead atoms. The lowest BCUT2D eigenvalue weighted by molar-refractivity contribution is -0.137. The van der Waals surface area contributed by atoms with Gasteiger partial charge in [0, 0.05) is 24.3 Å². The van der Waals surface area contributed by atoms with Crippen LogP contribution in [-0.4, -0.2) is 12.5 Å². The number of halogens is 3. The average Bonchev–Trinajstić information content (AvgIpc) is 2.48. The molecule has 0 spiro atoms. The molecule has 2 aromatic carbocycles. The van der Waals surface area contributed by atoms with Crippen molar-refractivity contribution >= 4 is 17.3 Å². The standard InChI is InChI=1S/C16H15F3N2O/c17-16(18,19)12-5-4-8-14(11-12)21-15(22)9-10-20-13-6-2-1-3-7-13/h1-8,11,20H,9-10H2,(H,21,22). The van der Waals surface area contributed by atoms with Crippen LogP contribution in [0.3, 0.4) is 0 Å². The first kappa shape index (κ1) is 15.9. The minimum atomic E-state index is -4.42. The number of amides is 1. The average molecular weight is 308 g/mol. The summed E-state index contributed by atoms with van der Waals surface area (Å²) in [4.78, 5) is 11.7. The molecule has 0 saturated carbocycles. The van der Waals surface area contributed by atoms with Crippen molar-refractivity contribution in [3.63, 3.8) is 0 Å². The van der Waals surface area contributed by atoms with Crippen molar-refractivity contribution < 1.29 is 18.0 Å². The zero-order chi connectivity index (χ0) is 16.0. The molecule has 0 heterocycles. The van der Waals surface area contributed by atoms with Gasteiger partial charge in [-0.3, -0.25) is 4.79 Å². The third-order valence-corrected chi connectivity index (χ3v) is 2.93. The summed E-state index contributed by atoms with van der Waals surface area (Å²) in [6, 6.07) is 13.9. The highest BCUT2D eigenvalue weighted by molar-refractivity contribution is 5.91. The number of para-hydroxylation sites is 1. The first-order chi connectivity index (χ1) is 10.4. The summed E-state index contributed by atoms with van der Waals surface area (Å²) in [7, 11) is 0. The summed E-state index contributed by atoms with van der Waals surface area (Å²) >= 11 is 0. The van der Waals surface area contributed by atoms with E-state index in [1.807, 2.05) is 30.3 Å². The number of benzene rings is 2. The molecule has 0 radical (unpaired) electrons. The molecule has 1 amide bonds. The number of rotatable bonds is 5. The molecule has 6 heteroatoms. The maximum absolute atomic E-state index is 12.6. The molecule has 0 atom stereocenters. The molecule has 2 aromatic rings. The van der Waals surface area contributed by atoms with E-state index in [0.717, 1.165) is 17.8 Å².